The number of carbonyl (C=O) groups is 2. The molecule has 2 amide bonds. The molecule has 32 heavy (non-hydrogen) atoms. The lowest BCUT2D eigenvalue weighted by atomic mass is 10.1. The van der Waals surface area contributed by atoms with Gasteiger partial charge in [-0.1, -0.05) is 30.3 Å². The third-order valence-corrected chi connectivity index (χ3v) is 5.30. The Kier molecular flexibility index (Phi) is 8.83. The molecule has 0 aliphatic heterocycles. The molecule has 0 aromatic heterocycles. The van der Waals surface area contributed by atoms with E-state index in [0.29, 0.717) is 46.8 Å². The number of ether oxygens (including phenoxy) is 2. The number of hydrogen-bond acceptors (Lipinski definition) is 4. The van der Waals surface area contributed by atoms with Crippen LogP contribution in [0.4, 0.5) is 5.69 Å². The number of halogens is 1. The van der Waals surface area contributed by atoms with Gasteiger partial charge >= 0.3 is 0 Å². The van der Waals surface area contributed by atoms with Crippen molar-refractivity contribution in [3.63, 3.8) is 0 Å². The molecule has 0 saturated carbocycles. The van der Waals surface area contributed by atoms with E-state index in [1.807, 2.05) is 18.2 Å². The van der Waals surface area contributed by atoms with Crippen LogP contribution in [-0.2, 0) is 11.2 Å². The van der Waals surface area contributed by atoms with Crippen molar-refractivity contribution in [2.24, 2.45) is 0 Å². The van der Waals surface area contributed by atoms with Gasteiger partial charge in [0.15, 0.2) is 0 Å². The molecule has 3 aromatic rings. The van der Waals surface area contributed by atoms with Gasteiger partial charge in [-0.2, -0.15) is 0 Å². The van der Waals surface area contributed by atoms with Gasteiger partial charge in [0.2, 0.25) is 0 Å². The topological polar surface area (TPSA) is 76.7 Å². The Balaban J connectivity index is 1.53. The van der Waals surface area contributed by atoms with E-state index in [1.54, 1.807) is 49.6 Å². The van der Waals surface area contributed by atoms with E-state index < -0.39 is 0 Å². The first kappa shape index (κ1) is 23.5. The predicted octanol–water partition coefficient (Wildman–Crippen LogP) is 4.70. The second-order valence-electron chi connectivity index (χ2n) is 7.01. The summed E-state index contributed by atoms with van der Waals surface area (Å²) in [4.78, 5) is 24.6. The highest BCUT2D eigenvalue weighted by atomic mass is 79.9. The Labute approximate surface area is 196 Å². The summed E-state index contributed by atoms with van der Waals surface area (Å²) in [7, 11) is 1.58. The van der Waals surface area contributed by atoms with Crippen molar-refractivity contribution >= 4 is 33.4 Å². The Morgan fingerprint density at radius 1 is 0.875 bits per heavy atom. The lowest BCUT2D eigenvalue weighted by molar-refractivity contribution is 0.0936. The number of nitrogens with one attached hydrogen (secondary N) is 2. The Morgan fingerprint density at radius 3 is 2.28 bits per heavy atom. The first-order valence-corrected chi connectivity index (χ1v) is 11.0. The fraction of sp³-hybridized carbons (Fsp3) is 0.200. The molecule has 6 nitrogen and oxygen atoms in total. The minimum absolute atomic E-state index is 0.188. The normalized spacial score (nSPS) is 10.4. The summed E-state index contributed by atoms with van der Waals surface area (Å²) in [6, 6.07) is 22.1. The minimum atomic E-state index is -0.251. The molecule has 3 rings (SSSR count). The molecule has 2 N–H and O–H groups in total. The number of hydrogen-bond donors (Lipinski definition) is 2. The zero-order valence-electron chi connectivity index (χ0n) is 17.8. The Morgan fingerprint density at radius 2 is 1.59 bits per heavy atom. The summed E-state index contributed by atoms with van der Waals surface area (Å²) in [6.45, 7) is 1.43. The molecular weight excluding hydrogens is 472 g/mol. The molecule has 3 aromatic carbocycles. The van der Waals surface area contributed by atoms with Gasteiger partial charge in [0.25, 0.3) is 11.8 Å². The van der Waals surface area contributed by atoms with Gasteiger partial charge in [-0.3, -0.25) is 9.59 Å². The average molecular weight is 497 g/mol. The quantitative estimate of drug-likeness (QED) is 0.399. The van der Waals surface area contributed by atoms with Crippen LogP contribution in [-0.4, -0.2) is 38.7 Å². The summed E-state index contributed by atoms with van der Waals surface area (Å²) in [5, 5.41) is 5.59. The van der Waals surface area contributed by atoms with E-state index in [9.17, 15) is 9.59 Å². The van der Waals surface area contributed by atoms with Gasteiger partial charge in [0, 0.05) is 36.9 Å². The third kappa shape index (κ3) is 6.93. The SMILES string of the molecule is COCCNC(=O)c1ccc(NC(=O)c2ccc(OCCc3ccccc3)c(Br)c2)cc1. The van der Waals surface area contributed by atoms with E-state index in [2.05, 4.69) is 38.7 Å². The monoisotopic (exact) mass is 496 g/mol. The van der Waals surface area contributed by atoms with Crippen LogP contribution in [0, 0.1) is 0 Å². The van der Waals surface area contributed by atoms with Crippen molar-refractivity contribution in [3.8, 4) is 5.75 Å². The molecular formula is C25H25BrN2O4. The predicted molar refractivity (Wildman–Crippen MR) is 128 cm³/mol. The smallest absolute Gasteiger partial charge is 0.255 e. The standard InChI is InChI=1S/C25H25BrN2O4/c1-31-16-14-27-24(29)19-7-10-21(11-8-19)28-25(30)20-9-12-23(22(26)17-20)32-15-13-18-5-3-2-4-6-18/h2-12,17H,13-16H2,1H3,(H,27,29)(H,28,30). The highest BCUT2D eigenvalue weighted by Crippen LogP contribution is 2.26. The number of anilines is 1. The molecule has 0 aliphatic rings. The van der Waals surface area contributed by atoms with Crippen LogP contribution in [0.3, 0.4) is 0 Å². The van der Waals surface area contributed by atoms with Crippen LogP contribution in [0.1, 0.15) is 26.3 Å². The molecule has 166 valence electrons. The summed E-state index contributed by atoms with van der Waals surface area (Å²) in [5.74, 6) is 0.242. The van der Waals surface area contributed by atoms with Crippen molar-refractivity contribution in [1.29, 1.82) is 0 Å². The largest absolute Gasteiger partial charge is 0.492 e. The number of benzene rings is 3. The maximum Gasteiger partial charge on any atom is 0.255 e. The molecule has 0 spiro atoms. The second kappa shape index (κ2) is 12.0. The van der Waals surface area contributed by atoms with Crippen molar-refractivity contribution in [3.05, 3.63) is 94.0 Å². The van der Waals surface area contributed by atoms with Gasteiger partial charge in [-0.05, 0) is 64.0 Å². The molecule has 0 aliphatic carbocycles. The highest BCUT2D eigenvalue weighted by Gasteiger charge is 2.11. The zero-order valence-corrected chi connectivity index (χ0v) is 19.4. The van der Waals surface area contributed by atoms with E-state index >= 15 is 0 Å². The van der Waals surface area contributed by atoms with Gasteiger partial charge < -0.3 is 20.1 Å². The van der Waals surface area contributed by atoms with Crippen molar-refractivity contribution in [1.82, 2.24) is 5.32 Å². The third-order valence-electron chi connectivity index (χ3n) is 4.68. The maximum atomic E-state index is 12.6. The summed E-state index contributed by atoms with van der Waals surface area (Å²) >= 11 is 3.48. The van der Waals surface area contributed by atoms with Crippen molar-refractivity contribution in [2.45, 2.75) is 6.42 Å². The maximum absolute atomic E-state index is 12.6. The van der Waals surface area contributed by atoms with E-state index in [1.165, 1.54) is 5.56 Å². The molecule has 7 heteroatoms. The van der Waals surface area contributed by atoms with Crippen LogP contribution in [0.2, 0.25) is 0 Å². The molecule has 0 saturated heterocycles. The summed E-state index contributed by atoms with van der Waals surface area (Å²) in [5.41, 5.74) is 2.81. The minimum Gasteiger partial charge on any atom is -0.492 e. The second-order valence-corrected chi connectivity index (χ2v) is 7.86. The lowest BCUT2D eigenvalue weighted by Crippen LogP contribution is -2.26. The van der Waals surface area contributed by atoms with Crippen LogP contribution >= 0.6 is 15.9 Å². The molecule has 0 radical (unpaired) electrons. The molecule has 0 fully saturated rings. The lowest BCUT2D eigenvalue weighted by Gasteiger charge is -2.11. The van der Waals surface area contributed by atoms with Gasteiger partial charge in [-0.15, -0.1) is 0 Å². The first-order valence-electron chi connectivity index (χ1n) is 10.2. The molecule has 0 atom stereocenters. The average Bonchev–Trinajstić information content (AvgIpc) is 2.81. The van der Waals surface area contributed by atoms with E-state index in [0.717, 1.165) is 6.42 Å². The van der Waals surface area contributed by atoms with Crippen molar-refractivity contribution in [2.75, 3.05) is 32.2 Å². The Bertz CT molecular complexity index is 1040. The highest BCUT2D eigenvalue weighted by molar-refractivity contribution is 9.10. The molecule has 0 heterocycles. The number of amides is 2. The molecule has 0 unspecified atom stereocenters. The first-order chi connectivity index (χ1) is 15.6. The van der Waals surface area contributed by atoms with Gasteiger partial charge in [0.1, 0.15) is 5.75 Å². The Hall–Kier alpha value is -3.16. The summed E-state index contributed by atoms with van der Waals surface area (Å²) in [6.07, 6.45) is 0.802. The van der Waals surface area contributed by atoms with Gasteiger partial charge in [-0.25, -0.2) is 0 Å². The fourth-order valence-electron chi connectivity index (χ4n) is 2.96. The van der Waals surface area contributed by atoms with Crippen LogP contribution in [0.5, 0.6) is 5.75 Å². The van der Waals surface area contributed by atoms with Crippen LogP contribution in [0.25, 0.3) is 0 Å². The van der Waals surface area contributed by atoms with E-state index in [-0.39, 0.29) is 11.8 Å². The number of rotatable bonds is 10. The van der Waals surface area contributed by atoms with Crippen LogP contribution in [0.15, 0.2) is 77.3 Å². The fourth-order valence-corrected chi connectivity index (χ4v) is 3.45. The summed E-state index contributed by atoms with van der Waals surface area (Å²) < 4.78 is 11.5. The molecule has 0 bridgehead atoms. The number of methoxy groups -OCH3 is 1. The zero-order chi connectivity index (χ0) is 22.8. The number of carbonyl (C=O) groups excluding carboxylic acids is 2. The van der Waals surface area contributed by atoms with Gasteiger partial charge in [0.05, 0.1) is 17.7 Å². The van der Waals surface area contributed by atoms with Crippen LogP contribution < -0.4 is 15.4 Å². The van der Waals surface area contributed by atoms with E-state index in [4.69, 9.17) is 9.47 Å². The van der Waals surface area contributed by atoms with Crippen molar-refractivity contribution < 1.29 is 19.1 Å².